The zero-order valence-electron chi connectivity index (χ0n) is 16.3. The number of allylic oxidation sites excluding steroid dienone is 1. The molecule has 0 bridgehead atoms. The van der Waals surface area contributed by atoms with Gasteiger partial charge in [0.2, 0.25) is 0 Å². The first-order valence-corrected chi connectivity index (χ1v) is 9.16. The molecule has 0 fully saturated rings. The van der Waals surface area contributed by atoms with E-state index in [0.717, 1.165) is 11.1 Å². The summed E-state index contributed by atoms with van der Waals surface area (Å²) in [5, 5.41) is 8.92. The van der Waals surface area contributed by atoms with Crippen LogP contribution in [0.1, 0.15) is 45.4 Å². The molecule has 1 aromatic carbocycles. The highest BCUT2D eigenvalue weighted by Crippen LogP contribution is 2.35. The van der Waals surface area contributed by atoms with Gasteiger partial charge in [0, 0.05) is 6.92 Å². The summed E-state index contributed by atoms with van der Waals surface area (Å²) >= 11 is 6.15. The van der Waals surface area contributed by atoms with E-state index < -0.39 is 11.2 Å². The second-order valence-electron chi connectivity index (χ2n) is 6.87. The molecule has 1 aromatic heterocycles. The number of ether oxygens (including phenoxy) is 1. The molecule has 0 saturated heterocycles. The van der Waals surface area contributed by atoms with Crippen molar-refractivity contribution in [1.82, 2.24) is 10.2 Å². The molecule has 0 radical (unpaired) electrons. The van der Waals surface area contributed by atoms with Gasteiger partial charge in [0.1, 0.15) is 12.4 Å². The van der Waals surface area contributed by atoms with Crippen molar-refractivity contribution in [3.05, 3.63) is 58.0 Å². The van der Waals surface area contributed by atoms with Crippen molar-refractivity contribution in [2.45, 2.75) is 46.5 Å². The van der Waals surface area contributed by atoms with Gasteiger partial charge in [0.25, 0.3) is 0 Å². The van der Waals surface area contributed by atoms with Crippen LogP contribution in [0.2, 0.25) is 5.02 Å². The molecule has 0 aliphatic carbocycles. The second-order valence-corrected chi connectivity index (χ2v) is 7.28. The van der Waals surface area contributed by atoms with Crippen LogP contribution >= 0.6 is 11.6 Å². The zero-order valence-corrected chi connectivity index (χ0v) is 17.0. The normalized spacial score (nSPS) is 13.0. The Morgan fingerprint density at radius 3 is 2.52 bits per heavy atom. The molecule has 1 atom stereocenters. The largest absolute Gasteiger partial charge is 0.465 e. The minimum absolute atomic E-state index is 0.166. The minimum atomic E-state index is -0.598. The van der Waals surface area contributed by atoms with E-state index in [0.29, 0.717) is 17.8 Å². The summed E-state index contributed by atoms with van der Waals surface area (Å²) in [7, 11) is 0. The summed E-state index contributed by atoms with van der Waals surface area (Å²) in [5.41, 5.74) is 2.60. The Labute approximate surface area is 164 Å². The van der Waals surface area contributed by atoms with E-state index in [9.17, 15) is 9.18 Å². The Morgan fingerprint density at radius 2 is 2.00 bits per heavy atom. The van der Waals surface area contributed by atoms with E-state index in [-0.39, 0.29) is 23.2 Å². The number of nitrogens with zero attached hydrogens (tertiary/aromatic N) is 2. The molecule has 0 amide bonds. The van der Waals surface area contributed by atoms with Crippen LogP contribution in [0.15, 0.2) is 35.9 Å². The van der Waals surface area contributed by atoms with Crippen molar-refractivity contribution < 1.29 is 13.9 Å². The number of aryl methyl sites for hydroxylation is 1. The topological polar surface area (TPSA) is 52.1 Å². The first-order chi connectivity index (χ1) is 12.7. The molecule has 1 heterocycles. The lowest BCUT2D eigenvalue weighted by Crippen LogP contribution is -2.33. The molecule has 144 valence electrons. The van der Waals surface area contributed by atoms with Crippen molar-refractivity contribution in [3.63, 3.8) is 0 Å². The lowest BCUT2D eigenvalue weighted by Gasteiger charge is -2.30. The summed E-state index contributed by atoms with van der Waals surface area (Å²) in [6.45, 7) is 9.40. The van der Waals surface area contributed by atoms with Crippen molar-refractivity contribution in [2.75, 3.05) is 6.61 Å². The third-order valence-corrected chi connectivity index (χ3v) is 4.72. The molecule has 1 unspecified atom stereocenters. The third kappa shape index (κ3) is 4.72. The molecule has 4 nitrogen and oxygen atoms in total. The van der Waals surface area contributed by atoms with Gasteiger partial charge in [-0.05, 0) is 51.0 Å². The zero-order chi connectivity index (χ0) is 20.2. The van der Waals surface area contributed by atoms with Crippen molar-refractivity contribution in [3.8, 4) is 11.3 Å². The SMILES string of the molecule is CCC(C=C(C)C)(COC(C)=O)c1nnc(-c2c(F)cccc2Cl)cc1C. The lowest BCUT2D eigenvalue weighted by atomic mass is 9.79. The molecule has 2 aromatic rings. The molecule has 0 aliphatic heterocycles. The number of carbonyl (C=O) groups is 1. The molecular formula is C21H24ClFN2O2. The maximum Gasteiger partial charge on any atom is 0.302 e. The van der Waals surface area contributed by atoms with Crippen LogP contribution < -0.4 is 0 Å². The quantitative estimate of drug-likeness (QED) is 0.488. The van der Waals surface area contributed by atoms with Gasteiger partial charge in [0.05, 0.1) is 27.4 Å². The highest BCUT2D eigenvalue weighted by molar-refractivity contribution is 6.33. The van der Waals surface area contributed by atoms with Gasteiger partial charge >= 0.3 is 5.97 Å². The molecule has 0 spiro atoms. The second kappa shape index (κ2) is 8.61. The third-order valence-electron chi connectivity index (χ3n) is 4.40. The maximum atomic E-state index is 14.2. The summed E-state index contributed by atoms with van der Waals surface area (Å²) < 4.78 is 19.6. The van der Waals surface area contributed by atoms with E-state index in [1.54, 1.807) is 18.2 Å². The van der Waals surface area contributed by atoms with E-state index in [1.807, 2.05) is 33.8 Å². The van der Waals surface area contributed by atoms with Crippen LogP contribution in [0, 0.1) is 12.7 Å². The Balaban J connectivity index is 2.58. The van der Waals surface area contributed by atoms with E-state index >= 15 is 0 Å². The summed E-state index contributed by atoms with van der Waals surface area (Å²) in [5.74, 6) is -0.801. The molecular weight excluding hydrogens is 367 g/mol. The van der Waals surface area contributed by atoms with Gasteiger partial charge in [-0.25, -0.2) is 4.39 Å². The first-order valence-electron chi connectivity index (χ1n) is 8.79. The average molecular weight is 391 g/mol. The molecule has 0 saturated carbocycles. The summed E-state index contributed by atoms with van der Waals surface area (Å²) in [4.78, 5) is 11.4. The Hall–Kier alpha value is -2.27. The van der Waals surface area contributed by atoms with Gasteiger partial charge in [0.15, 0.2) is 0 Å². The van der Waals surface area contributed by atoms with Crippen LogP contribution in [-0.4, -0.2) is 22.8 Å². The minimum Gasteiger partial charge on any atom is -0.465 e. The Kier molecular flexibility index (Phi) is 6.71. The number of aromatic nitrogens is 2. The number of hydrogen-bond acceptors (Lipinski definition) is 4. The lowest BCUT2D eigenvalue weighted by molar-refractivity contribution is -0.142. The van der Waals surface area contributed by atoms with Crippen molar-refractivity contribution in [2.24, 2.45) is 0 Å². The fraction of sp³-hybridized carbons (Fsp3) is 0.381. The predicted molar refractivity (Wildman–Crippen MR) is 105 cm³/mol. The predicted octanol–water partition coefficient (Wildman–Crippen LogP) is 5.42. The first kappa shape index (κ1) is 21.0. The van der Waals surface area contributed by atoms with E-state index in [2.05, 4.69) is 10.2 Å². The number of halogens is 2. The van der Waals surface area contributed by atoms with Crippen molar-refractivity contribution in [1.29, 1.82) is 0 Å². The van der Waals surface area contributed by atoms with E-state index in [1.165, 1.54) is 13.0 Å². The number of esters is 1. The van der Waals surface area contributed by atoms with Gasteiger partial charge in [-0.1, -0.05) is 36.2 Å². The standard InChI is InChI=1S/C21H24ClFN2O2/c1-6-21(11-13(2)3,12-27-15(5)26)20-14(4)10-18(24-25-20)19-16(22)8-7-9-17(19)23/h7-11H,6,12H2,1-5H3. The highest BCUT2D eigenvalue weighted by Gasteiger charge is 2.33. The van der Waals surface area contributed by atoms with Gasteiger partial charge in [-0.2, -0.15) is 10.2 Å². The van der Waals surface area contributed by atoms with Gasteiger partial charge in [-0.15, -0.1) is 0 Å². The molecule has 0 aliphatic rings. The van der Waals surface area contributed by atoms with Crippen LogP contribution in [0.3, 0.4) is 0 Å². The Morgan fingerprint density at radius 1 is 1.30 bits per heavy atom. The highest BCUT2D eigenvalue weighted by atomic mass is 35.5. The molecule has 2 rings (SSSR count). The van der Waals surface area contributed by atoms with Crippen LogP contribution in [0.4, 0.5) is 4.39 Å². The summed E-state index contributed by atoms with van der Waals surface area (Å²) in [6, 6.07) is 6.27. The Bertz CT molecular complexity index is 858. The van der Waals surface area contributed by atoms with Crippen LogP contribution in [0.5, 0.6) is 0 Å². The van der Waals surface area contributed by atoms with Crippen LogP contribution in [-0.2, 0) is 14.9 Å². The fourth-order valence-corrected chi connectivity index (χ4v) is 3.43. The molecule has 6 heteroatoms. The number of carbonyl (C=O) groups excluding carboxylic acids is 1. The van der Waals surface area contributed by atoms with Crippen LogP contribution in [0.25, 0.3) is 11.3 Å². The smallest absolute Gasteiger partial charge is 0.302 e. The summed E-state index contributed by atoms with van der Waals surface area (Å²) in [6.07, 6.45) is 2.71. The van der Waals surface area contributed by atoms with Gasteiger partial charge < -0.3 is 4.74 Å². The maximum absolute atomic E-state index is 14.2. The fourth-order valence-electron chi connectivity index (χ4n) is 3.17. The van der Waals surface area contributed by atoms with E-state index in [4.69, 9.17) is 16.3 Å². The molecule has 27 heavy (non-hydrogen) atoms. The monoisotopic (exact) mass is 390 g/mol. The molecule has 0 N–H and O–H groups in total. The number of hydrogen-bond donors (Lipinski definition) is 0. The number of rotatable bonds is 6. The average Bonchev–Trinajstić information content (AvgIpc) is 2.58. The number of benzene rings is 1. The van der Waals surface area contributed by atoms with Crippen molar-refractivity contribution >= 4 is 17.6 Å². The van der Waals surface area contributed by atoms with Gasteiger partial charge in [-0.3, -0.25) is 4.79 Å².